The van der Waals surface area contributed by atoms with E-state index in [9.17, 15) is 8.42 Å². The third-order valence-corrected chi connectivity index (χ3v) is 7.58. The Balaban J connectivity index is 2.24. The maximum Gasteiger partial charge on any atom is 0.245 e. The minimum atomic E-state index is -3.45. The molecular formula is C12H19BrN2O3S2. The van der Waals surface area contributed by atoms with Crippen LogP contribution in [0.3, 0.4) is 0 Å². The van der Waals surface area contributed by atoms with Crippen LogP contribution in [0.2, 0.25) is 0 Å². The molecule has 0 radical (unpaired) electrons. The number of halogens is 1. The minimum absolute atomic E-state index is 0.0216. The number of hydrogen-bond donors (Lipinski definition) is 1. The summed E-state index contributed by atoms with van der Waals surface area (Å²) in [7, 11) is 0.0499. The van der Waals surface area contributed by atoms with Gasteiger partial charge in [-0.1, -0.05) is 0 Å². The van der Waals surface area contributed by atoms with Gasteiger partial charge in [0.25, 0.3) is 0 Å². The van der Waals surface area contributed by atoms with Crippen molar-refractivity contribution in [2.75, 3.05) is 27.3 Å². The molecule has 1 aromatic rings. The van der Waals surface area contributed by atoms with Crippen LogP contribution in [-0.2, 0) is 21.3 Å². The van der Waals surface area contributed by atoms with Gasteiger partial charge in [-0.15, -0.1) is 11.3 Å². The SMILES string of the molecule is CNCc1cc(S(=O)(=O)N(C)C2CCOCC2)c(Br)s1. The molecule has 0 aliphatic carbocycles. The molecule has 0 saturated carbocycles. The minimum Gasteiger partial charge on any atom is -0.381 e. The molecule has 114 valence electrons. The molecule has 0 bridgehead atoms. The number of hydrogen-bond acceptors (Lipinski definition) is 5. The van der Waals surface area contributed by atoms with E-state index in [1.165, 1.54) is 15.6 Å². The summed E-state index contributed by atoms with van der Waals surface area (Å²) in [5.74, 6) is 0. The van der Waals surface area contributed by atoms with Crippen molar-refractivity contribution < 1.29 is 13.2 Å². The van der Waals surface area contributed by atoms with Crippen LogP contribution in [0.25, 0.3) is 0 Å². The van der Waals surface area contributed by atoms with E-state index in [0.717, 1.165) is 17.7 Å². The summed E-state index contributed by atoms with van der Waals surface area (Å²) >= 11 is 4.83. The van der Waals surface area contributed by atoms with Gasteiger partial charge < -0.3 is 10.1 Å². The quantitative estimate of drug-likeness (QED) is 0.846. The third-order valence-electron chi connectivity index (χ3n) is 3.42. The van der Waals surface area contributed by atoms with Gasteiger partial charge in [-0.2, -0.15) is 4.31 Å². The monoisotopic (exact) mass is 382 g/mol. The Kier molecular flexibility index (Phi) is 5.61. The zero-order valence-electron chi connectivity index (χ0n) is 11.6. The molecule has 0 unspecified atom stereocenters. The average molecular weight is 383 g/mol. The lowest BCUT2D eigenvalue weighted by Gasteiger charge is -2.30. The Morgan fingerprint density at radius 3 is 2.75 bits per heavy atom. The predicted molar refractivity (Wildman–Crippen MR) is 83.6 cm³/mol. The number of thiophene rings is 1. The van der Waals surface area contributed by atoms with Gasteiger partial charge in [-0.25, -0.2) is 8.42 Å². The molecule has 2 heterocycles. The van der Waals surface area contributed by atoms with E-state index in [1.54, 1.807) is 13.1 Å². The van der Waals surface area contributed by atoms with E-state index < -0.39 is 10.0 Å². The molecule has 20 heavy (non-hydrogen) atoms. The van der Waals surface area contributed by atoms with Gasteiger partial charge in [0, 0.05) is 37.7 Å². The van der Waals surface area contributed by atoms with Crippen molar-refractivity contribution in [3.63, 3.8) is 0 Å². The van der Waals surface area contributed by atoms with E-state index >= 15 is 0 Å². The molecule has 8 heteroatoms. The van der Waals surface area contributed by atoms with Crippen LogP contribution in [0.5, 0.6) is 0 Å². The van der Waals surface area contributed by atoms with E-state index in [0.29, 0.717) is 28.4 Å². The van der Waals surface area contributed by atoms with Gasteiger partial charge >= 0.3 is 0 Å². The summed E-state index contributed by atoms with van der Waals surface area (Å²) in [5, 5.41) is 3.03. The maximum atomic E-state index is 12.7. The zero-order valence-corrected chi connectivity index (χ0v) is 14.8. The molecule has 2 rings (SSSR count). The van der Waals surface area contributed by atoms with Gasteiger partial charge in [0.05, 0.1) is 3.79 Å². The second-order valence-electron chi connectivity index (χ2n) is 4.75. The van der Waals surface area contributed by atoms with Crippen LogP contribution < -0.4 is 5.32 Å². The first-order valence-corrected chi connectivity index (χ1v) is 9.50. The molecule has 1 N–H and O–H groups in total. The summed E-state index contributed by atoms with van der Waals surface area (Å²) in [6.45, 7) is 1.92. The summed E-state index contributed by atoms with van der Waals surface area (Å²) in [6.07, 6.45) is 1.50. The fourth-order valence-corrected chi connectivity index (χ4v) is 6.29. The molecule has 1 aromatic heterocycles. The summed E-state index contributed by atoms with van der Waals surface area (Å²) in [5.41, 5.74) is 0. The summed E-state index contributed by atoms with van der Waals surface area (Å²) in [6, 6.07) is 1.77. The molecule has 5 nitrogen and oxygen atoms in total. The summed E-state index contributed by atoms with van der Waals surface area (Å²) < 4.78 is 32.9. The fraction of sp³-hybridized carbons (Fsp3) is 0.667. The van der Waals surface area contributed by atoms with Crippen molar-refractivity contribution in [1.29, 1.82) is 0 Å². The lowest BCUT2D eigenvalue weighted by molar-refractivity contribution is 0.0632. The Morgan fingerprint density at radius 1 is 1.50 bits per heavy atom. The number of nitrogens with one attached hydrogen (secondary N) is 1. The van der Waals surface area contributed by atoms with Crippen LogP contribution in [0.15, 0.2) is 14.7 Å². The van der Waals surface area contributed by atoms with Crippen LogP contribution in [0.1, 0.15) is 17.7 Å². The standard InChI is InChI=1S/C12H19BrN2O3S2/c1-14-8-10-7-11(12(13)19-10)20(16,17)15(2)9-3-5-18-6-4-9/h7,9,14H,3-6,8H2,1-2H3. The highest BCUT2D eigenvalue weighted by Crippen LogP contribution is 2.34. The number of rotatable bonds is 5. The Bertz CT molecular complexity index is 553. The van der Waals surface area contributed by atoms with Crippen LogP contribution in [-0.4, -0.2) is 46.1 Å². The molecule has 1 saturated heterocycles. The molecule has 0 aromatic carbocycles. The van der Waals surface area contributed by atoms with E-state index in [-0.39, 0.29) is 6.04 Å². The molecule has 0 amide bonds. The highest BCUT2D eigenvalue weighted by Gasteiger charge is 2.31. The second-order valence-corrected chi connectivity index (χ2v) is 9.17. The zero-order chi connectivity index (χ0) is 14.8. The molecule has 1 fully saturated rings. The average Bonchev–Trinajstić information content (AvgIpc) is 2.81. The number of ether oxygens (including phenoxy) is 1. The van der Waals surface area contributed by atoms with Crippen molar-refractivity contribution in [3.8, 4) is 0 Å². The first-order valence-electron chi connectivity index (χ1n) is 6.45. The number of nitrogens with zero attached hydrogens (tertiary/aromatic N) is 1. The van der Waals surface area contributed by atoms with Crippen LogP contribution in [0.4, 0.5) is 0 Å². The second kappa shape index (κ2) is 6.85. The van der Waals surface area contributed by atoms with E-state index in [4.69, 9.17) is 4.74 Å². The number of sulfonamides is 1. The smallest absolute Gasteiger partial charge is 0.245 e. The third kappa shape index (κ3) is 3.42. The van der Waals surface area contributed by atoms with Gasteiger partial charge in [-0.3, -0.25) is 0 Å². The molecule has 1 aliphatic rings. The van der Waals surface area contributed by atoms with Crippen molar-refractivity contribution >= 4 is 37.3 Å². The van der Waals surface area contributed by atoms with Crippen LogP contribution in [0, 0.1) is 0 Å². The highest BCUT2D eigenvalue weighted by molar-refractivity contribution is 9.11. The van der Waals surface area contributed by atoms with Crippen molar-refractivity contribution in [2.45, 2.75) is 30.3 Å². The fourth-order valence-electron chi connectivity index (χ4n) is 2.24. The van der Waals surface area contributed by atoms with Gasteiger partial charge in [0.15, 0.2) is 0 Å². The van der Waals surface area contributed by atoms with Gasteiger partial charge in [0.2, 0.25) is 10.0 Å². The predicted octanol–water partition coefficient (Wildman–Crippen LogP) is 2.03. The van der Waals surface area contributed by atoms with Crippen molar-refractivity contribution in [2.24, 2.45) is 0 Å². The van der Waals surface area contributed by atoms with Crippen molar-refractivity contribution in [1.82, 2.24) is 9.62 Å². The Morgan fingerprint density at radius 2 is 2.15 bits per heavy atom. The van der Waals surface area contributed by atoms with Gasteiger partial charge in [0.1, 0.15) is 4.90 Å². The maximum absolute atomic E-state index is 12.7. The first kappa shape index (κ1) is 16.4. The first-order chi connectivity index (χ1) is 9.46. The molecule has 0 atom stereocenters. The Hall–Kier alpha value is 0.01000. The largest absolute Gasteiger partial charge is 0.381 e. The molecule has 1 aliphatic heterocycles. The highest BCUT2D eigenvalue weighted by atomic mass is 79.9. The van der Waals surface area contributed by atoms with E-state index in [2.05, 4.69) is 21.2 Å². The molecular weight excluding hydrogens is 364 g/mol. The Labute approximate surface area is 132 Å². The summed E-state index contributed by atoms with van der Waals surface area (Å²) in [4.78, 5) is 1.36. The van der Waals surface area contributed by atoms with Crippen LogP contribution >= 0.6 is 27.3 Å². The molecule has 0 spiro atoms. The van der Waals surface area contributed by atoms with Crippen molar-refractivity contribution in [3.05, 3.63) is 14.7 Å². The van der Waals surface area contributed by atoms with Gasteiger partial charge in [-0.05, 0) is 41.9 Å². The lowest BCUT2D eigenvalue weighted by atomic mass is 10.1. The topological polar surface area (TPSA) is 58.6 Å². The normalized spacial score (nSPS) is 17.8. The van der Waals surface area contributed by atoms with E-state index in [1.807, 2.05) is 7.05 Å². The lowest BCUT2D eigenvalue weighted by Crippen LogP contribution is -2.40.